The van der Waals surface area contributed by atoms with Crippen LogP contribution < -0.4 is 9.64 Å². The van der Waals surface area contributed by atoms with Crippen molar-refractivity contribution in [2.75, 3.05) is 12.0 Å². The van der Waals surface area contributed by atoms with Crippen molar-refractivity contribution in [1.29, 1.82) is 0 Å². The van der Waals surface area contributed by atoms with Crippen LogP contribution in [0, 0.1) is 5.82 Å². The van der Waals surface area contributed by atoms with Gasteiger partial charge < -0.3 is 9.64 Å². The molecule has 1 aliphatic heterocycles. The van der Waals surface area contributed by atoms with Crippen molar-refractivity contribution in [2.24, 2.45) is 0 Å². The van der Waals surface area contributed by atoms with Gasteiger partial charge in [0.05, 0.1) is 13.2 Å². The van der Waals surface area contributed by atoms with Crippen molar-refractivity contribution in [3.8, 4) is 5.75 Å². The fraction of sp³-hybridized carbons (Fsp3) is 0.188. The Bertz CT molecular complexity index is 657. The number of β-lactam (4-membered cyclic amide) rings is 1. The number of halogens is 2. The van der Waals surface area contributed by atoms with Crippen LogP contribution in [0.1, 0.15) is 11.6 Å². The van der Waals surface area contributed by atoms with E-state index in [9.17, 15) is 9.18 Å². The van der Waals surface area contributed by atoms with Gasteiger partial charge in [0, 0.05) is 5.69 Å². The van der Waals surface area contributed by atoms with Gasteiger partial charge >= 0.3 is 0 Å². The second-order valence-corrected chi connectivity index (χ2v) is 5.27. The molecule has 0 spiro atoms. The summed E-state index contributed by atoms with van der Waals surface area (Å²) in [6.07, 6.45) is 0. The third-order valence-electron chi connectivity index (χ3n) is 3.59. The predicted octanol–water partition coefficient (Wildman–Crippen LogP) is 3.53. The molecule has 0 bridgehead atoms. The Labute approximate surface area is 126 Å². The molecule has 3 nitrogen and oxygen atoms in total. The number of carbonyl (C=O) groups excluding carboxylic acids is 1. The summed E-state index contributed by atoms with van der Waals surface area (Å²) in [5.41, 5.74) is 1.55. The Morgan fingerprint density at radius 3 is 2.29 bits per heavy atom. The normalized spacial score (nSPS) is 21.1. The van der Waals surface area contributed by atoms with Crippen LogP contribution >= 0.6 is 11.6 Å². The van der Waals surface area contributed by atoms with Crippen molar-refractivity contribution < 1.29 is 13.9 Å². The zero-order valence-corrected chi connectivity index (χ0v) is 12.0. The maximum Gasteiger partial charge on any atom is 0.248 e. The lowest BCUT2D eigenvalue weighted by Gasteiger charge is -2.44. The number of anilines is 1. The number of amides is 1. The largest absolute Gasteiger partial charge is 0.497 e. The first kappa shape index (κ1) is 13.9. The van der Waals surface area contributed by atoms with Gasteiger partial charge in [0.1, 0.15) is 16.9 Å². The molecule has 0 radical (unpaired) electrons. The molecule has 1 saturated heterocycles. The van der Waals surface area contributed by atoms with E-state index in [1.807, 2.05) is 24.3 Å². The summed E-state index contributed by atoms with van der Waals surface area (Å²) in [5.74, 6) is 0.225. The van der Waals surface area contributed by atoms with E-state index in [1.165, 1.54) is 12.1 Å². The summed E-state index contributed by atoms with van der Waals surface area (Å²) in [7, 11) is 1.59. The van der Waals surface area contributed by atoms with E-state index in [1.54, 1.807) is 24.1 Å². The zero-order chi connectivity index (χ0) is 15.0. The first-order chi connectivity index (χ1) is 10.1. The molecule has 5 heteroatoms. The molecule has 108 valence electrons. The Morgan fingerprint density at radius 1 is 1.10 bits per heavy atom. The number of ether oxygens (including phenoxy) is 1. The van der Waals surface area contributed by atoms with Crippen LogP contribution in [0.4, 0.5) is 10.1 Å². The van der Waals surface area contributed by atoms with Crippen molar-refractivity contribution in [3.05, 3.63) is 59.9 Å². The monoisotopic (exact) mass is 305 g/mol. The first-order valence-electron chi connectivity index (χ1n) is 6.48. The average molecular weight is 306 g/mol. The van der Waals surface area contributed by atoms with E-state index < -0.39 is 5.38 Å². The fourth-order valence-corrected chi connectivity index (χ4v) is 2.83. The summed E-state index contributed by atoms with van der Waals surface area (Å²) in [4.78, 5) is 13.6. The highest BCUT2D eigenvalue weighted by Crippen LogP contribution is 2.42. The first-order valence-corrected chi connectivity index (χ1v) is 6.92. The fourth-order valence-electron chi connectivity index (χ4n) is 2.46. The average Bonchev–Trinajstić information content (AvgIpc) is 2.53. The van der Waals surface area contributed by atoms with Crippen LogP contribution in [0.5, 0.6) is 5.75 Å². The molecule has 1 amide bonds. The number of benzene rings is 2. The van der Waals surface area contributed by atoms with E-state index in [2.05, 4.69) is 0 Å². The third kappa shape index (κ3) is 2.36. The van der Waals surface area contributed by atoms with Gasteiger partial charge in [-0.05, 0) is 42.0 Å². The molecule has 1 heterocycles. The van der Waals surface area contributed by atoms with Gasteiger partial charge in [-0.1, -0.05) is 12.1 Å². The second kappa shape index (κ2) is 5.37. The number of rotatable bonds is 3. The molecule has 0 unspecified atom stereocenters. The Morgan fingerprint density at radius 2 is 1.71 bits per heavy atom. The Hall–Kier alpha value is -2.07. The summed E-state index contributed by atoms with van der Waals surface area (Å²) in [6, 6.07) is 13.0. The van der Waals surface area contributed by atoms with Crippen molar-refractivity contribution in [1.82, 2.24) is 0 Å². The van der Waals surface area contributed by atoms with Gasteiger partial charge in [0.25, 0.3) is 0 Å². The molecule has 2 atom stereocenters. The Balaban J connectivity index is 1.92. The lowest BCUT2D eigenvalue weighted by atomic mass is 9.92. The summed E-state index contributed by atoms with van der Waals surface area (Å²) >= 11 is 6.15. The maximum absolute atomic E-state index is 13.0. The summed E-state index contributed by atoms with van der Waals surface area (Å²) in [6.45, 7) is 0. The molecule has 2 aromatic rings. The molecular weight excluding hydrogens is 293 g/mol. The molecule has 1 fully saturated rings. The lowest BCUT2D eigenvalue weighted by molar-refractivity contribution is -0.123. The summed E-state index contributed by atoms with van der Waals surface area (Å²) < 4.78 is 18.1. The van der Waals surface area contributed by atoms with Crippen LogP contribution in [-0.2, 0) is 4.79 Å². The smallest absolute Gasteiger partial charge is 0.248 e. The van der Waals surface area contributed by atoms with Crippen molar-refractivity contribution in [3.63, 3.8) is 0 Å². The number of hydrogen-bond donors (Lipinski definition) is 0. The zero-order valence-electron chi connectivity index (χ0n) is 11.3. The molecule has 2 aromatic carbocycles. The van der Waals surface area contributed by atoms with E-state index in [0.29, 0.717) is 5.69 Å². The molecule has 3 rings (SSSR count). The van der Waals surface area contributed by atoms with Gasteiger partial charge in [0.2, 0.25) is 5.91 Å². The topological polar surface area (TPSA) is 29.5 Å². The summed E-state index contributed by atoms with van der Waals surface area (Å²) in [5, 5.41) is -0.608. The molecule has 0 N–H and O–H groups in total. The lowest BCUT2D eigenvalue weighted by Crippen LogP contribution is -2.56. The molecule has 0 aromatic heterocycles. The minimum Gasteiger partial charge on any atom is -0.497 e. The van der Waals surface area contributed by atoms with E-state index >= 15 is 0 Å². The molecular formula is C16H13ClFNO2. The van der Waals surface area contributed by atoms with E-state index in [4.69, 9.17) is 16.3 Å². The third-order valence-corrected chi connectivity index (χ3v) is 4.02. The predicted molar refractivity (Wildman–Crippen MR) is 79.3 cm³/mol. The van der Waals surface area contributed by atoms with Gasteiger partial charge in [-0.3, -0.25) is 4.79 Å². The van der Waals surface area contributed by atoms with Crippen LogP contribution in [-0.4, -0.2) is 18.4 Å². The number of carbonyl (C=O) groups is 1. The number of alkyl halides is 1. The van der Waals surface area contributed by atoms with Crippen LogP contribution in [0.2, 0.25) is 0 Å². The Kier molecular flexibility index (Phi) is 3.55. The van der Waals surface area contributed by atoms with Gasteiger partial charge in [0.15, 0.2) is 0 Å². The highest BCUT2D eigenvalue weighted by Gasteiger charge is 2.47. The molecule has 1 aliphatic rings. The minimum absolute atomic E-state index is 0.177. The quantitative estimate of drug-likeness (QED) is 0.641. The van der Waals surface area contributed by atoms with Crippen LogP contribution in [0.25, 0.3) is 0 Å². The van der Waals surface area contributed by atoms with Crippen molar-refractivity contribution in [2.45, 2.75) is 11.4 Å². The van der Waals surface area contributed by atoms with Crippen molar-refractivity contribution >= 4 is 23.2 Å². The number of hydrogen-bond acceptors (Lipinski definition) is 2. The highest BCUT2D eigenvalue weighted by atomic mass is 35.5. The highest BCUT2D eigenvalue weighted by molar-refractivity contribution is 6.37. The van der Waals surface area contributed by atoms with Crippen LogP contribution in [0.3, 0.4) is 0 Å². The standard InChI is InChI=1S/C16H13ClFNO2/c1-21-13-8-2-10(3-9-13)15-14(17)16(20)19(15)12-6-4-11(18)5-7-12/h2-9,14-15H,1H3/t14-,15-/m0/s1. The molecule has 0 aliphatic carbocycles. The van der Waals surface area contributed by atoms with Gasteiger partial charge in [-0.25, -0.2) is 4.39 Å². The maximum atomic E-state index is 13.0. The number of nitrogens with zero attached hydrogens (tertiary/aromatic N) is 1. The van der Waals surface area contributed by atoms with E-state index in [-0.39, 0.29) is 17.8 Å². The van der Waals surface area contributed by atoms with E-state index in [0.717, 1.165) is 11.3 Å². The molecule has 0 saturated carbocycles. The van der Waals surface area contributed by atoms with Gasteiger partial charge in [-0.2, -0.15) is 0 Å². The van der Waals surface area contributed by atoms with Gasteiger partial charge in [-0.15, -0.1) is 11.6 Å². The SMILES string of the molecule is COc1ccc([C@H]2[C@H](Cl)C(=O)N2c2ccc(F)cc2)cc1. The minimum atomic E-state index is -0.608. The van der Waals surface area contributed by atoms with Crippen LogP contribution in [0.15, 0.2) is 48.5 Å². The number of methoxy groups -OCH3 is 1. The molecule has 21 heavy (non-hydrogen) atoms. The second-order valence-electron chi connectivity index (χ2n) is 4.80.